The number of allylic oxidation sites excluding steroid dienone is 2. The molecule has 3 atom stereocenters. The summed E-state index contributed by atoms with van der Waals surface area (Å²) < 4.78 is 0. The van der Waals surface area contributed by atoms with Gasteiger partial charge in [-0.15, -0.1) is 0 Å². The van der Waals surface area contributed by atoms with Gasteiger partial charge in [0, 0.05) is 18.2 Å². The van der Waals surface area contributed by atoms with Crippen LogP contribution in [0, 0.1) is 17.8 Å². The summed E-state index contributed by atoms with van der Waals surface area (Å²) in [6.07, 6.45) is 9.05. The number of hydrogen-bond acceptors (Lipinski definition) is 1. The van der Waals surface area contributed by atoms with Gasteiger partial charge in [-0.1, -0.05) is 30.4 Å². The number of nitrogens with zero attached hydrogens (tertiary/aromatic N) is 1. The average molecular weight is 253 g/mol. The van der Waals surface area contributed by atoms with Crippen LogP contribution in [0.15, 0.2) is 36.4 Å². The molecule has 4 rings (SSSR count). The maximum atomic E-state index is 12.8. The summed E-state index contributed by atoms with van der Waals surface area (Å²) in [5, 5.41) is 0. The lowest BCUT2D eigenvalue weighted by molar-refractivity contribution is -0.123. The summed E-state index contributed by atoms with van der Waals surface area (Å²) in [7, 11) is 0. The van der Waals surface area contributed by atoms with Crippen molar-refractivity contribution in [2.24, 2.45) is 17.8 Å². The SMILES string of the molecule is O=C(C1CC2C=CC1C2)N1CCCc2ccccc21. The molecule has 1 aromatic carbocycles. The second-order valence-electron chi connectivity index (χ2n) is 6.11. The molecule has 1 fully saturated rings. The van der Waals surface area contributed by atoms with Gasteiger partial charge in [0.15, 0.2) is 0 Å². The summed E-state index contributed by atoms with van der Waals surface area (Å²) in [4.78, 5) is 14.9. The van der Waals surface area contributed by atoms with E-state index in [1.54, 1.807) is 0 Å². The van der Waals surface area contributed by atoms with E-state index < -0.39 is 0 Å². The fraction of sp³-hybridized carbons (Fsp3) is 0.471. The normalized spacial score (nSPS) is 31.6. The Kier molecular flexibility index (Phi) is 2.51. The van der Waals surface area contributed by atoms with Crippen molar-refractivity contribution >= 4 is 11.6 Å². The number of carbonyl (C=O) groups is 1. The summed E-state index contributed by atoms with van der Waals surface area (Å²) in [5.41, 5.74) is 2.49. The van der Waals surface area contributed by atoms with Gasteiger partial charge in [-0.05, 0) is 49.1 Å². The highest BCUT2D eigenvalue weighted by Gasteiger charge is 2.42. The van der Waals surface area contributed by atoms with Crippen molar-refractivity contribution in [2.75, 3.05) is 11.4 Å². The predicted octanol–water partition coefficient (Wildman–Crippen LogP) is 3.18. The van der Waals surface area contributed by atoms with Crippen molar-refractivity contribution in [1.29, 1.82) is 0 Å². The third-order valence-electron chi connectivity index (χ3n) is 4.97. The Labute approximate surface area is 114 Å². The minimum Gasteiger partial charge on any atom is -0.312 e. The van der Waals surface area contributed by atoms with E-state index in [0.717, 1.165) is 31.5 Å². The molecule has 3 aliphatic rings. The lowest BCUT2D eigenvalue weighted by atomic mass is 9.90. The zero-order valence-corrected chi connectivity index (χ0v) is 11.1. The summed E-state index contributed by atoms with van der Waals surface area (Å²) in [6, 6.07) is 8.39. The molecule has 98 valence electrons. The monoisotopic (exact) mass is 253 g/mol. The van der Waals surface area contributed by atoms with Crippen molar-refractivity contribution < 1.29 is 4.79 Å². The van der Waals surface area contributed by atoms with E-state index in [1.165, 1.54) is 12.0 Å². The molecular formula is C17H19NO. The number of benzene rings is 1. The van der Waals surface area contributed by atoms with Crippen LogP contribution >= 0.6 is 0 Å². The lowest BCUT2D eigenvalue weighted by Gasteiger charge is -2.33. The van der Waals surface area contributed by atoms with E-state index in [0.29, 0.717) is 17.7 Å². The summed E-state index contributed by atoms with van der Waals surface area (Å²) in [6.45, 7) is 0.896. The minimum absolute atomic E-state index is 0.237. The topological polar surface area (TPSA) is 20.3 Å². The first-order chi connectivity index (χ1) is 9.33. The van der Waals surface area contributed by atoms with Crippen LogP contribution in [-0.2, 0) is 11.2 Å². The molecule has 1 saturated carbocycles. The van der Waals surface area contributed by atoms with Crippen LogP contribution in [0.4, 0.5) is 5.69 Å². The number of fused-ring (bicyclic) bond motifs is 3. The smallest absolute Gasteiger partial charge is 0.230 e. The Bertz CT molecular complexity index is 548. The van der Waals surface area contributed by atoms with Gasteiger partial charge in [-0.25, -0.2) is 0 Å². The number of amides is 1. The summed E-state index contributed by atoms with van der Waals surface area (Å²) in [5.74, 6) is 1.77. The van der Waals surface area contributed by atoms with Gasteiger partial charge in [0.2, 0.25) is 5.91 Å². The fourth-order valence-electron chi connectivity index (χ4n) is 4.03. The Morgan fingerprint density at radius 3 is 2.84 bits per heavy atom. The Morgan fingerprint density at radius 1 is 1.16 bits per heavy atom. The highest BCUT2D eigenvalue weighted by Crippen LogP contribution is 2.45. The number of aryl methyl sites for hydroxylation is 1. The number of anilines is 1. The van der Waals surface area contributed by atoms with Gasteiger partial charge < -0.3 is 4.90 Å². The molecule has 3 unspecified atom stereocenters. The molecule has 2 nitrogen and oxygen atoms in total. The molecule has 1 aliphatic heterocycles. The van der Waals surface area contributed by atoms with E-state index in [1.807, 2.05) is 6.07 Å². The third kappa shape index (κ3) is 1.73. The van der Waals surface area contributed by atoms with Crippen molar-refractivity contribution in [3.63, 3.8) is 0 Å². The highest BCUT2D eigenvalue weighted by atomic mass is 16.2. The molecule has 1 amide bonds. The number of hydrogen-bond donors (Lipinski definition) is 0. The summed E-state index contributed by atoms with van der Waals surface area (Å²) >= 11 is 0. The second-order valence-corrected chi connectivity index (χ2v) is 6.11. The van der Waals surface area contributed by atoms with E-state index in [2.05, 4.69) is 35.3 Å². The van der Waals surface area contributed by atoms with Crippen molar-refractivity contribution in [1.82, 2.24) is 0 Å². The van der Waals surface area contributed by atoms with Crippen LogP contribution in [0.3, 0.4) is 0 Å². The highest BCUT2D eigenvalue weighted by molar-refractivity contribution is 5.96. The van der Waals surface area contributed by atoms with Crippen molar-refractivity contribution in [2.45, 2.75) is 25.7 Å². The molecule has 0 radical (unpaired) electrons. The van der Waals surface area contributed by atoms with Crippen LogP contribution in [0.1, 0.15) is 24.8 Å². The molecule has 1 aromatic rings. The molecule has 0 saturated heterocycles. The van der Waals surface area contributed by atoms with Crippen LogP contribution in [0.2, 0.25) is 0 Å². The third-order valence-corrected chi connectivity index (χ3v) is 4.97. The minimum atomic E-state index is 0.237. The Balaban J connectivity index is 1.63. The maximum absolute atomic E-state index is 12.8. The maximum Gasteiger partial charge on any atom is 0.230 e. The molecule has 2 bridgehead atoms. The van der Waals surface area contributed by atoms with E-state index >= 15 is 0 Å². The Hall–Kier alpha value is -1.57. The van der Waals surface area contributed by atoms with Gasteiger partial charge in [0.1, 0.15) is 0 Å². The fourth-order valence-corrected chi connectivity index (χ4v) is 4.03. The van der Waals surface area contributed by atoms with Crippen LogP contribution in [0.25, 0.3) is 0 Å². The zero-order valence-electron chi connectivity index (χ0n) is 11.1. The average Bonchev–Trinajstić information content (AvgIpc) is 3.08. The first-order valence-electron chi connectivity index (χ1n) is 7.40. The van der Waals surface area contributed by atoms with Crippen LogP contribution in [0.5, 0.6) is 0 Å². The standard InChI is InChI=1S/C17H19NO/c19-17(15-11-12-7-8-14(15)10-12)18-9-3-5-13-4-1-2-6-16(13)18/h1-2,4,6-8,12,14-15H,3,5,9-11H2. The number of para-hydroxylation sites is 1. The molecule has 2 aliphatic carbocycles. The molecular weight excluding hydrogens is 234 g/mol. The van der Waals surface area contributed by atoms with Crippen molar-refractivity contribution in [3.8, 4) is 0 Å². The quantitative estimate of drug-likeness (QED) is 0.704. The van der Waals surface area contributed by atoms with Gasteiger partial charge in [0.25, 0.3) is 0 Å². The number of carbonyl (C=O) groups excluding carboxylic acids is 1. The van der Waals surface area contributed by atoms with Gasteiger partial charge in [-0.3, -0.25) is 4.79 Å². The predicted molar refractivity (Wildman–Crippen MR) is 76.0 cm³/mol. The van der Waals surface area contributed by atoms with E-state index in [-0.39, 0.29) is 5.92 Å². The second kappa shape index (κ2) is 4.22. The molecule has 0 aromatic heterocycles. The lowest BCUT2D eigenvalue weighted by Crippen LogP contribution is -2.40. The first kappa shape index (κ1) is 11.3. The molecule has 0 N–H and O–H groups in total. The number of rotatable bonds is 1. The molecule has 1 heterocycles. The first-order valence-corrected chi connectivity index (χ1v) is 7.40. The van der Waals surface area contributed by atoms with Gasteiger partial charge >= 0.3 is 0 Å². The molecule has 2 heteroatoms. The largest absolute Gasteiger partial charge is 0.312 e. The van der Waals surface area contributed by atoms with Gasteiger partial charge in [-0.2, -0.15) is 0 Å². The Morgan fingerprint density at radius 2 is 2.05 bits per heavy atom. The van der Waals surface area contributed by atoms with E-state index in [9.17, 15) is 4.79 Å². The van der Waals surface area contributed by atoms with E-state index in [4.69, 9.17) is 0 Å². The van der Waals surface area contributed by atoms with Gasteiger partial charge in [0.05, 0.1) is 0 Å². The van der Waals surface area contributed by atoms with Crippen LogP contribution in [-0.4, -0.2) is 12.5 Å². The zero-order chi connectivity index (χ0) is 12.8. The van der Waals surface area contributed by atoms with Crippen molar-refractivity contribution in [3.05, 3.63) is 42.0 Å². The molecule has 19 heavy (non-hydrogen) atoms. The molecule has 0 spiro atoms. The van der Waals surface area contributed by atoms with Crippen LogP contribution < -0.4 is 4.90 Å².